The Morgan fingerprint density at radius 3 is 2.69 bits per heavy atom. The van der Waals surface area contributed by atoms with E-state index in [9.17, 15) is 4.79 Å². The van der Waals surface area contributed by atoms with Gasteiger partial charge in [0.05, 0.1) is 11.3 Å². The van der Waals surface area contributed by atoms with Gasteiger partial charge in [-0.2, -0.15) is 0 Å². The van der Waals surface area contributed by atoms with E-state index in [2.05, 4.69) is 15.9 Å². The Labute approximate surface area is 103 Å². The third-order valence-electron chi connectivity index (χ3n) is 3.25. The summed E-state index contributed by atoms with van der Waals surface area (Å²) in [4.78, 5) is 11.0. The predicted octanol–water partition coefficient (Wildman–Crippen LogP) is 3.07. The third kappa shape index (κ3) is 2.07. The molecule has 0 radical (unpaired) electrons. The fraction of sp³-hybridized carbons (Fsp3) is 0.417. The van der Waals surface area contributed by atoms with Crippen LogP contribution in [0.1, 0.15) is 35.2 Å². The number of carboxylic acid groups (broad SMARTS) is 1. The van der Waals surface area contributed by atoms with E-state index in [0.29, 0.717) is 11.6 Å². The Kier molecular flexibility index (Phi) is 3.19. The molecule has 0 amide bonds. The zero-order valence-electron chi connectivity index (χ0n) is 8.87. The summed E-state index contributed by atoms with van der Waals surface area (Å²) in [5.41, 5.74) is 7.47. The number of rotatable bonds is 3. The molecule has 0 unspecified atom stereocenters. The SMILES string of the molecule is Nc1c(C(=O)O)ccc(Br)c1CC1CCC1. The molecule has 1 aliphatic rings. The highest BCUT2D eigenvalue weighted by atomic mass is 79.9. The molecule has 1 aromatic rings. The average molecular weight is 284 g/mol. The standard InChI is InChI=1S/C12H14BrNO2/c13-10-5-4-8(12(15)16)11(14)9(10)6-7-2-1-3-7/h4-5,7H,1-3,6,14H2,(H,15,16). The van der Waals surface area contributed by atoms with Crippen molar-refractivity contribution >= 4 is 27.6 Å². The number of halogens is 1. The van der Waals surface area contributed by atoms with Gasteiger partial charge in [-0.25, -0.2) is 4.79 Å². The second kappa shape index (κ2) is 4.45. The summed E-state index contributed by atoms with van der Waals surface area (Å²) in [6.07, 6.45) is 4.61. The molecule has 0 bridgehead atoms. The maximum atomic E-state index is 11.0. The largest absolute Gasteiger partial charge is 0.478 e. The molecule has 0 aromatic heterocycles. The topological polar surface area (TPSA) is 63.3 Å². The molecule has 1 saturated carbocycles. The molecule has 1 fully saturated rings. The van der Waals surface area contributed by atoms with Gasteiger partial charge in [-0.3, -0.25) is 0 Å². The zero-order valence-corrected chi connectivity index (χ0v) is 10.5. The van der Waals surface area contributed by atoms with Crippen molar-refractivity contribution in [2.75, 3.05) is 5.73 Å². The molecule has 3 N–H and O–H groups in total. The van der Waals surface area contributed by atoms with Crippen LogP contribution in [0.2, 0.25) is 0 Å². The smallest absolute Gasteiger partial charge is 0.337 e. The Morgan fingerprint density at radius 2 is 2.19 bits per heavy atom. The van der Waals surface area contributed by atoms with E-state index >= 15 is 0 Å². The van der Waals surface area contributed by atoms with Gasteiger partial charge in [-0.05, 0) is 30.0 Å². The van der Waals surface area contributed by atoms with E-state index in [4.69, 9.17) is 10.8 Å². The Balaban J connectivity index is 2.33. The van der Waals surface area contributed by atoms with Gasteiger partial charge in [0.2, 0.25) is 0 Å². The number of carboxylic acids is 1. The summed E-state index contributed by atoms with van der Waals surface area (Å²) in [5, 5.41) is 8.99. The second-order valence-electron chi connectivity index (χ2n) is 4.29. The molecule has 3 nitrogen and oxygen atoms in total. The van der Waals surface area contributed by atoms with Crippen molar-refractivity contribution in [1.82, 2.24) is 0 Å². The first kappa shape index (κ1) is 11.5. The van der Waals surface area contributed by atoms with Crippen molar-refractivity contribution < 1.29 is 9.90 Å². The van der Waals surface area contributed by atoms with E-state index < -0.39 is 5.97 Å². The van der Waals surface area contributed by atoms with Crippen LogP contribution in [0.5, 0.6) is 0 Å². The average Bonchev–Trinajstić information content (AvgIpc) is 2.14. The van der Waals surface area contributed by atoms with Crippen LogP contribution in [0, 0.1) is 5.92 Å². The third-order valence-corrected chi connectivity index (χ3v) is 3.99. The summed E-state index contributed by atoms with van der Waals surface area (Å²) >= 11 is 3.44. The quantitative estimate of drug-likeness (QED) is 0.838. The Hall–Kier alpha value is -1.03. The van der Waals surface area contributed by atoms with Crippen molar-refractivity contribution in [3.63, 3.8) is 0 Å². The van der Waals surface area contributed by atoms with Crippen LogP contribution in [0.4, 0.5) is 5.69 Å². The lowest BCUT2D eigenvalue weighted by molar-refractivity contribution is 0.0698. The van der Waals surface area contributed by atoms with E-state index in [1.54, 1.807) is 12.1 Å². The van der Waals surface area contributed by atoms with Crippen molar-refractivity contribution in [2.45, 2.75) is 25.7 Å². The number of nitrogen functional groups attached to an aromatic ring is 1. The molecule has 16 heavy (non-hydrogen) atoms. The van der Waals surface area contributed by atoms with Crippen LogP contribution in [0.25, 0.3) is 0 Å². The van der Waals surface area contributed by atoms with Crippen LogP contribution >= 0.6 is 15.9 Å². The summed E-state index contributed by atoms with van der Waals surface area (Å²) in [6, 6.07) is 3.32. The highest BCUT2D eigenvalue weighted by molar-refractivity contribution is 9.10. The maximum absolute atomic E-state index is 11.0. The Bertz CT molecular complexity index is 427. The van der Waals surface area contributed by atoms with Crippen molar-refractivity contribution in [3.8, 4) is 0 Å². The number of aromatic carboxylic acids is 1. The summed E-state index contributed by atoms with van der Waals surface area (Å²) in [7, 11) is 0. The maximum Gasteiger partial charge on any atom is 0.337 e. The molecule has 86 valence electrons. The highest BCUT2D eigenvalue weighted by Crippen LogP contribution is 2.35. The lowest BCUT2D eigenvalue weighted by Gasteiger charge is -2.26. The number of benzene rings is 1. The van der Waals surface area contributed by atoms with Crippen LogP contribution in [-0.4, -0.2) is 11.1 Å². The molecule has 0 aliphatic heterocycles. The lowest BCUT2D eigenvalue weighted by Crippen LogP contribution is -2.16. The molecule has 0 saturated heterocycles. The number of nitrogens with two attached hydrogens (primary N) is 1. The summed E-state index contributed by atoms with van der Waals surface area (Å²) < 4.78 is 0.918. The summed E-state index contributed by atoms with van der Waals surface area (Å²) in [6.45, 7) is 0. The molecule has 4 heteroatoms. The minimum Gasteiger partial charge on any atom is -0.478 e. The second-order valence-corrected chi connectivity index (χ2v) is 5.15. The minimum absolute atomic E-state index is 0.206. The van der Waals surface area contributed by atoms with Crippen molar-refractivity contribution in [3.05, 3.63) is 27.7 Å². The minimum atomic E-state index is -0.958. The monoisotopic (exact) mass is 283 g/mol. The molecule has 1 aromatic carbocycles. The van der Waals surface area contributed by atoms with Gasteiger partial charge in [0, 0.05) is 4.47 Å². The number of hydrogen-bond donors (Lipinski definition) is 2. The van der Waals surface area contributed by atoms with Gasteiger partial charge in [0.15, 0.2) is 0 Å². The number of hydrogen-bond acceptors (Lipinski definition) is 2. The first-order valence-electron chi connectivity index (χ1n) is 5.39. The van der Waals surface area contributed by atoms with Gasteiger partial charge in [0.1, 0.15) is 0 Å². The van der Waals surface area contributed by atoms with Crippen molar-refractivity contribution in [1.29, 1.82) is 0 Å². The molecular formula is C12H14BrNO2. The van der Waals surface area contributed by atoms with Crippen LogP contribution < -0.4 is 5.73 Å². The molecule has 1 aliphatic carbocycles. The number of carbonyl (C=O) groups is 1. The fourth-order valence-electron chi connectivity index (χ4n) is 2.02. The van der Waals surface area contributed by atoms with Crippen LogP contribution in [0.3, 0.4) is 0 Å². The van der Waals surface area contributed by atoms with Gasteiger partial charge < -0.3 is 10.8 Å². The van der Waals surface area contributed by atoms with Crippen LogP contribution in [-0.2, 0) is 6.42 Å². The highest BCUT2D eigenvalue weighted by Gasteiger charge is 2.22. The molecule has 0 heterocycles. The molecule has 2 rings (SSSR count). The first-order chi connectivity index (χ1) is 7.59. The summed E-state index contributed by atoms with van der Waals surface area (Å²) in [5.74, 6) is -0.289. The van der Waals surface area contributed by atoms with E-state index in [1.165, 1.54) is 19.3 Å². The van der Waals surface area contributed by atoms with Gasteiger partial charge in [0.25, 0.3) is 0 Å². The van der Waals surface area contributed by atoms with Crippen LogP contribution in [0.15, 0.2) is 16.6 Å². The fourth-order valence-corrected chi connectivity index (χ4v) is 2.53. The molecular weight excluding hydrogens is 270 g/mol. The van der Waals surface area contributed by atoms with Gasteiger partial charge in [-0.15, -0.1) is 0 Å². The van der Waals surface area contributed by atoms with Crippen molar-refractivity contribution in [2.24, 2.45) is 5.92 Å². The normalized spacial score (nSPS) is 15.8. The van der Waals surface area contributed by atoms with Gasteiger partial charge in [-0.1, -0.05) is 35.2 Å². The molecule has 0 spiro atoms. The Morgan fingerprint density at radius 1 is 1.50 bits per heavy atom. The van der Waals surface area contributed by atoms with E-state index in [0.717, 1.165) is 16.5 Å². The predicted molar refractivity (Wildman–Crippen MR) is 66.6 cm³/mol. The zero-order chi connectivity index (χ0) is 11.7. The number of anilines is 1. The van der Waals surface area contributed by atoms with Gasteiger partial charge >= 0.3 is 5.97 Å². The lowest BCUT2D eigenvalue weighted by atomic mass is 9.80. The molecule has 0 atom stereocenters. The van der Waals surface area contributed by atoms with E-state index in [1.807, 2.05) is 0 Å². The first-order valence-corrected chi connectivity index (χ1v) is 6.19. The van der Waals surface area contributed by atoms with E-state index in [-0.39, 0.29) is 5.56 Å².